The molecule has 1 aliphatic carbocycles. The van der Waals surface area contributed by atoms with Gasteiger partial charge in [-0.1, -0.05) is 122 Å². The van der Waals surface area contributed by atoms with Crippen LogP contribution in [-0.2, 0) is 0 Å². The minimum atomic E-state index is 0.542. The second-order valence-electron chi connectivity index (χ2n) is 12.1. The summed E-state index contributed by atoms with van der Waals surface area (Å²) in [6.07, 6.45) is 7.79. The molecule has 6 aromatic rings. The Balaban J connectivity index is 1.26. The fourth-order valence-corrected chi connectivity index (χ4v) is 6.30. The van der Waals surface area contributed by atoms with Crippen LogP contribution in [0.4, 0.5) is 28.4 Å². The molecule has 6 aromatic carbocycles. The molecule has 1 atom stereocenters. The zero-order valence-electron chi connectivity index (χ0n) is 26.4. The molecule has 7 rings (SSSR count). The Bertz CT molecular complexity index is 1990. The van der Waals surface area contributed by atoms with E-state index >= 15 is 0 Å². The lowest BCUT2D eigenvalue weighted by Gasteiger charge is -2.28. The molecule has 1 aliphatic rings. The topological polar surface area (TPSA) is 6.48 Å². The van der Waals surface area contributed by atoms with Gasteiger partial charge in [0.2, 0.25) is 0 Å². The van der Waals surface area contributed by atoms with Crippen molar-refractivity contribution in [2.75, 3.05) is 16.8 Å². The van der Waals surface area contributed by atoms with Gasteiger partial charge in [-0.15, -0.1) is 0 Å². The molecule has 2 nitrogen and oxygen atoms in total. The first-order chi connectivity index (χ1) is 22.6. The van der Waals surface area contributed by atoms with Crippen LogP contribution in [0.3, 0.4) is 0 Å². The molecule has 0 amide bonds. The Morgan fingerprint density at radius 1 is 0.457 bits per heavy atom. The molecule has 0 saturated carbocycles. The predicted octanol–water partition coefficient (Wildman–Crippen LogP) is 12.2. The highest BCUT2D eigenvalue weighted by atomic mass is 15.1. The summed E-state index contributed by atoms with van der Waals surface area (Å²) >= 11 is 0. The van der Waals surface area contributed by atoms with Gasteiger partial charge in [0.25, 0.3) is 0 Å². The summed E-state index contributed by atoms with van der Waals surface area (Å²) in [6.45, 7) is 2.28. The van der Waals surface area contributed by atoms with E-state index in [1.165, 1.54) is 33.4 Å². The highest BCUT2D eigenvalue weighted by Gasteiger charge is 2.17. The van der Waals surface area contributed by atoms with E-state index < -0.39 is 0 Å². The van der Waals surface area contributed by atoms with Gasteiger partial charge < -0.3 is 9.80 Å². The minimum Gasteiger partial charge on any atom is -0.345 e. The number of allylic oxidation sites excluding steroid dienone is 4. The molecule has 46 heavy (non-hydrogen) atoms. The summed E-state index contributed by atoms with van der Waals surface area (Å²) < 4.78 is 0. The van der Waals surface area contributed by atoms with E-state index in [0.29, 0.717) is 5.92 Å². The summed E-state index contributed by atoms with van der Waals surface area (Å²) in [5.74, 6) is 0.542. The van der Waals surface area contributed by atoms with Gasteiger partial charge in [-0.25, -0.2) is 0 Å². The molecule has 0 spiro atoms. The summed E-state index contributed by atoms with van der Waals surface area (Å²) in [5, 5.41) is 0. The molecule has 224 valence electrons. The third kappa shape index (κ3) is 6.29. The summed E-state index contributed by atoms with van der Waals surface area (Å²) in [7, 11) is 2.14. The van der Waals surface area contributed by atoms with Crippen molar-refractivity contribution in [2.24, 2.45) is 5.92 Å². The number of benzene rings is 6. The smallest absolute Gasteiger partial charge is 0.0467 e. The Hall–Kier alpha value is -5.60. The number of anilines is 5. The molecule has 0 aromatic heterocycles. The fraction of sp³-hybridized carbons (Fsp3) is 0.0909. The predicted molar refractivity (Wildman–Crippen MR) is 197 cm³/mol. The quantitative estimate of drug-likeness (QED) is 0.173. The van der Waals surface area contributed by atoms with Crippen molar-refractivity contribution >= 4 is 34.0 Å². The Morgan fingerprint density at radius 2 is 0.935 bits per heavy atom. The zero-order chi connectivity index (χ0) is 31.3. The van der Waals surface area contributed by atoms with Crippen molar-refractivity contribution in [1.29, 1.82) is 0 Å². The first-order valence-electron chi connectivity index (χ1n) is 16.0. The molecule has 2 heteroatoms. The van der Waals surface area contributed by atoms with Crippen LogP contribution in [0.2, 0.25) is 0 Å². The maximum atomic E-state index is 2.37. The van der Waals surface area contributed by atoms with Crippen molar-refractivity contribution in [3.05, 3.63) is 182 Å². The molecule has 0 aliphatic heterocycles. The first kappa shape index (κ1) is 29.1. The second kappa shape index (κ2) is 13.2. The highest BCUT2D eigenvalue weighted by molar-refractivity contribution is 5.83. The fourth-order valence-electron chi connectivity index (χ4n) is 6.30. The van der Waals surface area contributed by atoms with E-state index in [-0.39, 0.29) is 0 Å². The molecule has 1 unspecified atom stereocenters. The van der Waals surface area contributed by atoms with Crippen LogP contribution in [0.1, 0.15) is 18.9 Å². The van der Waals surface area contributed by atoms with Gasteiger partial charge in [-0.05, 0) is 106 Å². The van der Waals surface area contributed by atoms with Gasteiger partial charge in [-0.2, -0.15) is 0 Å². The lowest BCUT2D eigenvalue weighted by Crippen LogP contribution is -2.12. The van der Waals surface area contributed by atoms with E-state index in [0.717, 1.165) is 34.9 Å². The van der Waals surface area contributed by atoms with Crippen LogP contribution in [-0.4, -0.2) is 7.05 Å². The van der Waals surface area contributed by atoms with E-state index in [2.05, 4.69) is 200 Å². The van der Waals surface area contributed by atoms with Gasteiger partial charge in [-0.3, -0.25) is 0 Å². The van der Waals surface area contributed by atoms with E-state index in [1.807, 2.05) is 0 Å². The Morgan fingerprint density at radius 3 is 1.52 bits per heavy atom. The lowest BCUT2D eigenvalue weighted by atomic mass is 9.91. The second-order valence-corrected chi connectivity index (χ2v) is 12.1. The maximum absolute atomic E-state index is 2.37. The summed E-state index contributed by atoms with van der Waals surface area (Å²) in [6, 6.07) is 56.6. The lowest BCUT2D eigenvalue weighted by molar-refractivity contribution is 0.749. The average Bonchev–Trinajstić information content (AvgIpc) is 3.13. The zero-order valence-corrected chi connectivity index (χ0v) is 26.4. The molecule has 0 bridgehead atoms. The van der Waals surface area contributed by atoms with Crippen LogP contribution in [0.5, 0.6) is 0 Å². The van der Waals surface area contributed by atoms with Crippen LogP contribution < -0.4 is 9.80 Å². The van der Waals surface area contributed by atoms with Crippen molar-refractivity contribution in [3.63, 3.8) is 0 Å². The van der Waals surface area contributed by atoms with Crippen molar-refractivity contribution in [3.8, 4) is 22.3 Å². The highest BCUT2D eigenvalue weighted by Crippen LogP contribution is 2.39. The maximum Gasteiger partial charge on any atom is 0.0467 e. The van der Waals surface area contributed by atoms with E-state index in [9.17, 15) is 0 Å². The number of hydrogen-bond donors (Lipinski definition) is 0. The molecular formula is C44H38N2. The standard InChI is InChI=1S/C44H38N2/c1-33-13-9-18-36(29-33)39-21-12-24-44(32-39)46(43-23-11-20-38(31-43)35-16-7-4-8-17-35)41-27-25-40(26-28-41)45(2)42-22-10-19-37(30-42)34-14-5-3-6-15-34/h3-28,30-33H,29H2,1-2H3. The largest absolute Gasteiger partial charge is 0.345 e. The van der Waals surface area contributed by atoms with Gasteiger partial charge in [0, 0.05) is 35.5 Å². The van der Waals surface area contributed by atoms with Crippen molar-refractivity contribution in [2.45, 2.75) is 13.3 Å². The monoisotopic (exact) mass is 594 g/mol. The Labute approximate surface area is 273 Å². The van der Waals surface area contributed by atoms with Crippen LogP contribution in [0, 0.1) is 5.92 Å². The molecular weight excluding hydrogens is 556 g/mol. The van der Waals surface area contributed by atoms with Crippen LogP contribution >= 0.6 is 0 Å². The average molecular weight is 595 g/mol. The van der Waals surface area contributed by atoms with E-state index in [4.69, 9.17) is 0 Å². The van der Waals surface area contributed by atoms with E-state index in [1.54, 1.807) is 0 Å². The van der Waals surface area contributed by atoms with Gasteiger partial charge in [0.1, 0.15) is 0 Å². The van der Waals surface area contributed by atoms with Crippen LogP contribution in [0.15, 0.2) is 176 Å². The van der Waals surface area contributed by atoms with Crippen molar-refractivity contribution < 1.29 is 0 Å². The van der Waals surface area contributed by atoms with Gasteiger partial charge in [0.15, 0.2) is 0 Å². The molecule has 0 saturated heterocycles. The first-order valence-corrected chi connectivity index (χ1v) is 16.0. The number of nitrogens with zero attached hydrogens (tertiary/aromatic N) is 2. The third-order valence-electron chi connectivity index (χ3n) is 8.80. The van der Waals surface area contributed by atoms with Gasteiger partial charge in [0.05, 0.1) is 0 Å². The number of hydrogen-bond acceptors (Lipinski definition) is 2. The van der Waals surface area contributed by atoms with Gasteiger partial charge >= 0.3 is 0 Å². The molecule has 0 fully saturated rings. The Kier molecular flexibility index (Phi) is 8.34. The minimum absolute atomic E-state index is 0.542. The van der Waals surface area contributed by atoms with Crippen molar-refractivity contribution in [1.82, 2.24) is 0 Å². The molecule has 0 N–H and O–H groups in total. The SMILES string of the molecule is CC1C=CC=C(c2cccc(N(c3ccc(N(C)c4cccc(-c5ccccc5)c4)cc3)c3cccc(-c4ccccc4)c3)c2)C1. The van der Waals surface area contributed by atoms with Crippen LogP contribution in [0.25, 0.3) is 27.8 Å². The normalized spacial score (nSPS) is 14.0. The third-order valence-corrected chi connectivity index (χ3v) is 8.80. The number of rotatable bonds is 8. The molecule has 0 radical (unpaired) electrons. The summed E-state index contributed by atoms with van der Waals surface area (Å²) in [4.78, 5) is 4.62. The summed E-state index contributed by atoms with van der Waals surface area (Å²) in [5.41, 5.74) is 13.2. The molecule has 0 heterocycles.